The van der Waals surface area contributed by atoms with Gasteiger partial charge in [-0.2, -0.15) is 0 Å². The van der Waals surface area contributed by atoms with Gasteiger partial charge in [0.15, 0.2) is 0 Å². The van der Waals surface area contributed by atoms with E-state index in [4.69, 9.17) is 0 Å². The van der Waals surface area contributed by atoms with Gasteiger partial charge in [0, 0.05) is 0 Å². The van der Waals surface area contributed by atoms with Crippen LogP contribution in [0.25, 0.3) is 0 Å². The predicted molar refractivity (Wildman–Crippen MR) is 107 cm³/mol. The van der Waals surface area contributed by atoms with Crippen molar-refractivity contribution in [1.29, 1.82) is 0 Å². The zero-order valence-electron chi connectivity index (χ0n) is 15.8. The minimum Gasteiger partial charge on any atom is -0.0759 e. The van der Waals surface area contributed by atoms with Crippen LogP contribution >= 0.6 is 0 Å². The van der Waals surface area contributed by atoms with E-state index < -0.39 is 7.94 Å². The molecule has 0 unspecified atom stereocenters. The molecule has 0 aromatic heterocycles. The molecule has 0 fully saturated rings. The van der Waals surface area contributed by atoms with Crippen molar-refractivity contribution in [2.45, 2.75) is 91.5 Å². The van der Waals surface area contributed by atoms with Crippen LogP contribution in [0.5, 0.6) is 0 Å². The third kappa shape index (κ3) is 5.61. The Labute approximate surface area is 141 Å². The second-order valence-corrected chi connectivity index (χ2v) is 12.3. The predicted octanol–water partition coefficient (Wildman–Crippen LogP) is 6.12. The Morgan fingerprint density at radius 3 is 1.91 bits per heavy atom. The Kier molecular flexibility index (Phi) is 9.16. The molecule has 0 bridgehead atoms. The summed E-state index contributed by atoms with van der Waals surface area (Å²) in [5, 5.41) is 1.75. The van der Waals surface area contributed by atoms with Gasteiger partial charge in [-0.1, -0.05) is 108 Å². The molecule has 0 heterocycles. The zero-order valence-corrected chi connectivity index (χ0v) is 16.8. The highest BCUT2D eigenvalue weighted by molar-refractivity contribution is 7.38. The summed E-state index contributed by atoms with van der Waals surface area (Å²) in [6.07, 6.45) is 13.2. The van der Waals surface area contributed by atoms with Gasteiger partial charge in [-0.15, -0.1) is 0 Å². The molecule has 124 valence electrons. The molecule has 0 nitrogen and oxygen atoms in total. The minimum absolute atomic E-state index is 0.954. The molecule has 0 aliphatic rings. The maximum absolute atomic E-state index is 2.63. The van der Waals surface area contributed by atoms with E-state index in [2.05, 4.69) is 58.1 Å². The average Bonchev–Trinajstić information content (AvgIpc) is 2.53. The highest BCUT2D eigenvalue weighted by Gasteiger charge is 2.36. The summed E-state index contributed by atoms with van der Waals surface area (Å²) in [5.74, 6) is 0. The second kappa shape index (κ2) is 10.3. The molecule has 0 saturated carbocycles. The highest BCUT2D eigenvalue weighted by atomic mass is 28.3. The first kappa shape index (κ1) is 19.5. The molecule has 0 amide bonds. The van der Waals surface area contributed by atoms with Gasteiger partial charge in [0.2, 0.25) is 0 Å². The number of aryl methyl sites for hydroxylation is 1. The van der Waals surface area contributed by atoms with Gasteiger partial charge < -0.3 is 0 Å². The van der Waals surface area contributed by atoms with Crippen molar-refractivity contribution in [3.8, 4) is 0 Å². The first-order valence-corrected chi connectivity index (χ1v) is 12.7. The van der Waals surface area contributed by atoms with Crippen LogP contribution in [0.3, 0.4) is 0 Å². The summed E-state index contributed by atoms with van der Waals surface area (Å²) in [7, 11) is -1.38. The summed E-state index contributed by atoms with van der Waals surface area (Å²) in [6, 6.07) is 9.38. The molecule has 0 atom stereocenters. The quantitative estimate of drug-likeness (QED) is 0.432. The molecule has 1 rings (SSSR count). The van der Waals surface area contributed by atoms with Crippen LogP contribution in [-0.2, 0) is 6.42 Å². The van der Waals surface area contributed by atoms with Crippen LogP contribution < -0.4 is 5.19 Å². The fourth-order valence-electron chi connectivity index (χ4n) is 3.72. The second-order valence-electron chi connectivity index (χ2n) is 7.46. The largest absolute Gasteiger partial charge is 0.139 e. The van der Waals surface area contributed by atoms with E-state index in [-0.39, 0.29) is 0 Å². The van der Waals surface area contributed by atoms with E-state index in [1.165, 1.54) is 57.6 Å². The molecular formula is C20H37BSi. The molecular weight excluding hydrogens is 279 g/mol. The Morgan fingerprint density at radius 1 is 0.818 bits per heavy atom. The van der Waals surface area contributed by atoms with Crippen molar-refractivity contribution in [3.05, 3.63) is 29.8 Å². The van der Waals surface area contributed by atoms with Crippen LogP contribution in [0.4, 0.5) is 0 Å². The van der Waals surface area contributed by atoms with Crippen molar-refractivity contribution in [3.63, 3.8) is 0 Å². The lowest BCUT2D eigenvalue weighted by molar-refractivity contribution is 0.797. The standard InChI is InChI=1S/C20H37BSi/c1-6-9-14-19-15-12-13-16-20(19)22(4,5)21(17-10-7-2)18-11-8-3/h12-13,15-16H,6-11,14,17-18H2,1-5H3. The first-order valence-electron chi connectivity index (χ1n) is 9.66. The summed E-state index contributed by atoms with van der Waals surface area (Å²) in [4.78, 5) is 0. The molecule has 0 radical (unpaired) electrons. The zero-order chi connectivity index (χ0) is 16.4. The molecule has 0 aliphatic carbocycles. The fourth-order valence-corrected chi connectivity index (χ4v) is 7.57. The number of unbranched alkanes of at least 4 members (excludes halogenated alkanes) is 3. The van der Waals surface area contributed by atoms with Gasteiger partial charge >= 0.3 is 0 Å². The minimum atomic E-state index is -1.38. The lowest BCUT2D eigenvalue weighted by atomic mass is 9.65. The van der Waals surface area contributed by atoms with Gasteiger partial charge in [-0.25, -0.2) is 0 Å². The Hall–Kier alpha value is -0.498. The van der Waals surface area contributed by atoms with Crippen molar-refractivity contribution in [1.82, 2.24) is 0 Å². The summed E-state index contributed by atoms with van der Waals surface area (Å²) in [5.41, 5.74) is 1.65. The van der Waals surface area contributed by atoms with Crippen LogP contribution in [0, 0.1) is 0 Å². The lowest BCUT2D eigenvalue weighted by Crippen LogP contribution is -2.56. The Balaban J connectivity index is 3.00. The van der Waals surface area contributed by atoms with E-state index in [9.17, 15) is 0 Å². The lowest BCUT2D eigenvalue weighted by Gasteiger charge is -2.33. The van der Waals surface area contributed by atoms with Crippen LogP contribution in [0.15, 0.2) is 24.3 Å². The van der Waals surface area contributed by atoms with Crippen molar-refractivity contribution < 1.29 is 0 Å². The maximum atomic E-state index is 2.63. The third-order valence-corrected chi connectivity index (χ3v) is 9.84. The van der Waals surface area contributed by atoms with Crippen molar-refractivity contribution in [2.75, 3.05) is 0 Å². The SMILES string of the molecule is CCCCB(CCCC)[Si](C)(C)c1ccccc1CCCC. The maximum Gasteiger partial charge on any atom is 0.139 e. The summed E-state index contributed by atoms with van der Waals surface area (Å²) in [6.45, 7) is 12.2. The van der Waals surface area contributed by atoms with E-state index in [0.717, 1.165) is 6.31 Å². The fraction of sp³-hybridized carbons (Fsp3) is 0.700. The first-order chi connectivity index (χ1) is 10.6. The molecule has 0 aliphatic heterocycles. The van der Waals surface area contributed by atoms with Gasteiger partial charge in [0.05, 0.1) is 7.94 Å². The number of rotatable bonds is 11. The molecule has 22 heavy (non-hydrogen) atoms. The Morgan fingerprint density at radius 2 is 1.36 bits per heavy atom. The summed E-state index contributed by atoms with van der Waals surface area (Å²) < 4.78 is 0. The van der Waals surface area contributed by atoms with Gasteiger partial charge in [-0.05, 0) is 18.4 Å². The number of hydrogen-bond donors (Lipinski definition) is 0. The topological polar surface area (TPSA) is 0 Å². The highest BCUT2D eigenvalue weighted by Crippen LogP contribution is 2.22. The monoisotopic (exact) mass is 316 g/mol. The molecule has 0 N–H and O–H groups in total. The molecule has 1 aromatic carbocycles. The summed E-state index contributed by atoms with van der Waals surface area (Å²) >= 11 is 0. The Bertz CT molecular complexity index is 406. The molecule has 2 heteroatoms. The van der Waals surface area contributed by atoms with E-state index >= 15 is 0 Å². The molecule has 0 spiro atoms. The number of hydrogen-bond acceptors (Lipinski definition) is 0. The average molecular weight is 316 g/mol. The van der Waals surface area contributed by atoms with Gasteiger partial charge in [-0.3, -0.25) is 0 Å². The third-order valence-electron chi connectivity index (χ3n) is 5.34. The number of benzene rings is 1. The normalized spacial score (nSPS) is 11.7. The van der Waals surface area contributed by atoms with E-state index in [1.54, 1.807) is 10.8 Å². The van der Waals surface area contributed by atoms with Crippen LogP contribution in [0.2, 0.25) is 25.7 Å². The van der Waals surface area contributed by atoms with Gasteiger partial charge in [0.25, 0.3) is 0 Å². The van der Waals surface area contributed by atoms with Crippen LogP contribution in [-0.4, -0.2) is 14.2 Å². The van der Waals surface area contributed by atoms with E-state index in [1.807, 2.05) is 0 Å². The molecule has 0 saturated heterocycles. The van der Waals surface area contributed by atoms with Crippen molar-refractivity contribution in [2.24, 2.45) is 0 Å². The van der Waals surface area contributed by atoms with Gasteiger partial charge in [0.1, 0.15) is 6.31 Å². The van der Waals surface area contributed by atoms with Crippen LogP contribution in [0.1, 0.15) is 64.9 Å². The van der Waals surface area contributed by atoms with Crippen molar-refractivity contribution >= 4 is 19.4 Å². The smallest absolute Gasteiger partial charge is 0.0759 e. The molecule has 1 aromatic rings. The van der Waals surface area contributed by atoms with E-state index in [0.29, 0.717) is 0 Å².